The molecule has 0 bridgehead atoms. The molecule has 0 aliphatic rings. The molecule has 0 fully saturated rings. The summed E-state index contributed by atoms with van der Waals surface area (Å²) >= 11 is 0. The van der Waals surface area contributed by atoms with Crippen molar-refractivity contribution in [3.05, 3.63) is 65.2 Å². The van der Waals surface area contributed by atoms with Crippen LogP contribution in [0.5, 0.6) is 0 Å². The fourth-order valence-corrected chi connectivity index (χ4v) is 2.72. The van der Waals surface area contributed by atoms with Crippen molar-refractivity contribution in [3.8, 4) is 0 Å². The first-order valence-electron chi connectivity index (χ1n) is 9.19. The number of hydrogen-bond donors (Lipinski definition) is 1. The molecule has 28 heavy (non-hydrogen) atoms. The quantitative estimate of drug-likeness (QED) is 0.700. The highest BCUT2D eigenvalue weighted by molar-refractivity contribution is 5.94. The van der Waals surface area contributed by atoms with Gasteiger partial charge in [-0.25, -0.2) is 4.79 Å². The Balaban J connectivity index is 1.95. The standard InChI is InChI=1S/C22H25NO5/c1-4-27-22(26)21(17-11-6-5-7-12-17)28-19(25)14-13-18(24)23-20-15(2)9-8-10-16(20)3/h5-12,21H,4,13-14H2,1-3H3,(H,23,24). The monoisotopic (exact) mass is 383 g/mol. The minimum Gasteiger partial charge on any atom is -0.463 e. The number of para-hydroxylation sites is 1. The molecule has 0 aromatic heterocycles. The molecule has 0 radical (unpaired) electrons. The summed E-state index contributed by atoms with van der Waals surface area (Å²) in [5, 5.41) is 2.82. The number of rotatable bonds is 8. The second kappa shape index (κ2) is 10.3. The van der Waals surface area contributed by atoms with Crippen LogP contribution < -0.4 is 5.32 Å². The largest absolute Gasteiger partial charge is 0.463 e. The van der Waals surface area contributed by atoms with Crippen molar-refractivity contribution in [2.75, 3.05) is 11.9 Å². The number of nitrogens with one attached hydrogen (secondary N) is 1. The zero-order chi connectivity index (χ0) is 20.5. The predicted molar refractivity (Wildman–Crippen MR) is 106 cm³/mol. The summed E-state index contributed by atoms with van der Waals surface area (Å²) in [6.07, 6.45) is -1.33. The lowest BCUT2D eigenvalue weighted by Gasteiger charge is -2.17. The van der Waals surface area contributed by atoms with E-state index in [-0.39, 0.29) is 25.4 Å². The third kappa shape index (κ3) is 5.94. The Morgan fingerprint density at radius 3 is 2.18 bits per heavy atom. The van der Waals surface area contributed by atoms with Crippen LogP contribution in [0.15, 0.2) is 48.5 Å². The Bertz CT molecular complexity index is 812. The first-order chi connectivity index (χ1) is 13.4. The molecule has 2 aromatic rings. The van der Waals surface area contributed by atoms with E-state index in [9.17, 15) is 14.4 Å². The van der Waals surface area contributed by atoms with Crippen LogP contribution in [-0.2, 0) is 23.9 Å². The van der Waals surface area contributed by atoms with Crippen LogP contribution in [0.3, 0.4) is 0 Å². The number of carbonyl (C=O) groups is 3. The van der Waals surface area contributed by atoms with Crippen molar-refractivity contribution in [2.45, 2.75) is 39.7 Å². The molecule has 1 atom stereocenters. The summed E-state index contributed by atoms with van der Waals surface area (Å²) in [5.74, 6) is -1.57. The van der Waals surface area contributed by atoms with Crippen molar-refractivity contribution >= 4 is 23.5 Å². The van der Waals surface area contributed by atoms with Crippen molar-refractivity contribution in [2.24, 2.45) is 0 Å². The van der Waals surface area contributed by atoms with E-state index in [1.54, 1.807) is 37.3 Å². The molecule has 0 spiro atoms. The van der Waals surface area contributed by atoms with Crippen LogP contribution in [0, 0.1) is 13.8 Å². The van der Waals surface area contributed by atoms with E-state index in [4.69, 9.17) is 9.47 Å². The maximum atomic E-state index is 12.2. The van der Waals surface area contributed by atoms with Gasteiger partial charge in [-0.15, -0.1) is 0 Å². The molecule has 2 rings (SSSR count). The molecule has 0 saturated heterocycles. The fraction of sp³-hybridized carbons (Fsp3) is 0.318. The lowest BCUT2D eigenvalue weighted by molar-refractivity contribution is -0.168. The third-order valence-corrected chi connectivity index (χ3v) is 4.15. The van der Waals surface area contributed by atoms with E-state index in [1.807, 2.05) is 32.0 Å². The summed E-state index contributed by atoms with van der Waals surface area (Å²) in [7, 11) is 0. The first kappa shape index (κ1) is 21.2. The number of carbonyl (C=O) groups excluding carboxylic acids is 3. The molecule has 6 nitrogen and oxygen atoms in total. The van der Waals surface area contributed by atoms with Gasteiger partial charge in [0.25, 0.3) is 0 Å². The summed E-state index contributed by atoms with van der Waals surface area (Å²) < 4.78 is 10.3. The summed E-state index contributed by atoms with van der Waals surface area (Å²) in [4.78, 5) is 36.6. The molecule has 0 heterocycles. The zero-order valence-corrected chi connectivity index (χ0v) is 16.4. The molecule has 2 aromatic carbocycles. The van der Waals surface area contributed by atoms with Crippen molar-refractivity contribution < 1.29 is 23.9 Å². The molecule has 0 aliphatic heterocycles. The maximum absolute atomic E-state index is 12.2. The van der Waals surface area contributed by atoms with Crippen LogP contribution in [-0.4, -0.2) is 24.5 Å². The van der Waals surface area contributed by atoms with E-state index in [1.165, 1.54) is 0 Å². The Kier molecular flexibility index (Phi) is 7.75. The topological polar surface area (TPSA) is 81.7 Å². The Morgan fingerprint density at radius 2 is 1.57 bits per heavy atom. The fourth-order valence-electron chi connectivity index (χ4n) is 2.72. The number of hydrogen-bond acceptors (Lipinski definition) is 5. The lowest BCUT2D eigenvalue weighted by atomic mass is 10.1. The number of esters is 2. The van der Waals surface area contributed by atoms with E-state index in [2.05, 4.69) is 5.32 Å². The van der Waals surface area contributed by atoms with Crippen LogP contribution in [0.1, 0.15) is 42.6 Å². The van der Waals surface area contributed by atoms with E-state index < -0.39 is 18.0 Å². The van der Waals surface area contributed by atoms with Gasteiger partial charge in [0.15, 0.2) is 0 Å². The van der Waals surface area contributed by atoms with Gasteiger partial charge in [-0.2, -0.15) is 0 Å². The van der Waals surface area contributed by atoms with Gasteiger partial charge in [-0.05, 0) is 31.9 Å². The van der Waals surface area contributed by atoms with Crippen molar-refractivity contribution in [1.29, 1.82) is 0 Å². The van der Waals surface area contributed by atoms with Gasteiger partial charge in [0.2, 0.25) is 12.0 Å². The Morgan fingerprint density at radius 1 is 0.929 bits per heavy atom. The molecule has 6 heteroatoms. The lowest BCUT2D eigenvalue weighted by Crippen LogP contribution is -2.23. The highest BCUT2D eigenvalue weighted by Crippen LogP contribution is 2.21. The summed E-state index contributed by atoms with van der Waals surface area (Å²) in [6.45, 7) is 5.67. The van der Waals surface area contributed by atoms with Gasteiger partial charge >= 0.3 is 11.9 Å². The second-order valence-corrected chi connectivity index (χ2v) is 6.35. The highest BCUT2D eigenvalue weighted by Gasteiger charge is 2.26. The number of aryl methyl sites for hydroxylation is 2. The van der Waals surface area contributed by atoms with Crippen LogP contribution in [0.4, 0.5) is 5.69 Å². The van der Waals surface area contributed by atoms with Crippen molar-refractivity contribution in [1.82, 2.24) is 0 Å². The molecule has 1 amide bonds. The van der Waals surface area contributed by atoms with E-state index in [0.29, 0.717) is 5.56 Å². The molecule has 1 N–H and O–H groups in total. The molecule has 1 unspecified atom stereocenters. The third-order valence-electron chi connectivity index (χ3n) is 4.15. The van der Waals surface area contributed by atoms with Gasteiger partial charge in [-0.3, -0.25) is 9.59 Å². The van der Waals surface area contributed by atoms with E-state index >= 15 is 0 Å². The molecular weight excluding hydrogens is 358 g/mol. The normalized spacial score (nSPS) is 11.4. The average Bonchev–Trinajstić information content (AvgIpc) is 2.68. The Labute approximate surface area is 164 Å². The minimum atomic E-state index is -1.14. The first-order valence-corrected chi connectivity index (χ1v) is 9.19. The number of benzene rings is 2. The Hall–Kier alpha value is -3.15. The molecule has 148 valence electrons. The molecular formula is C22H25NO5. The summed E-state index contributed by atoms with van der Waals surface area (Å²) in [6, 6.07) is 14.4. The highest BCUT2D eigenvalue weighted by atomic mass is 16.6. The second-order valence-electron chi connectivity index (χ2n) is 6.35. The van der Waals surface area contributed by atoms with Gasteiger partial charge in [0.05, 0.1) is 13.0 Å². The predicted octanol–water partition coefficient (Wildman–Crippen LogP) is 3.87. The SMILES string of the molecule is CCOC(=O)C(OC(=O)CCC(=O)Nc1c(C)cccc1C)c1ccccc1. The van der Waals surface area contributed by atoms with Gasteiger partial charge in [0.1, 0.15) is 0 Å². The van der Waals surface area contributed by atoms with Gasteiger partial charge < -0.3 is 14.8 Å². The summed E-state index contributed by atoms with van der Waals surface area (Å²) in [5.41, 5.74) is 3.16. The van der Waals surface area contributed by atoms with E-state index in [0.717, 1.165) is 16.8 Å². The van der Waals surface area contributed by atoms with Crippen LogP contribution in [0.25, 0.3) is 0 Å². The average molecular weight is 383 g/mol. The smallest absolute Gasteiger partial charge is 0.352 e. The zero-order valence-electron chi connectivity index (χ0n) is 16.4. The van der Waals surface area contributed by atoms with Gasteiger partial charge in [0, 0.05) is 17.7 Å². The number of ether oxygens (including phenoxy) is 2. The van der Waals surface area contributed by atoms with Crippen LogP contribution >= 0.6 is 0 Å². The minimum absolute atomic E-state index is 0.0447. The molecule has 0 saturated carbocycles. The van der Waals surface area contributed by atoms with Crippen molar-refractivity contribution in [3.63, 3.8) is 0 Å². The number of amides is 1. The molecule has 0 aliphatic carbocycles. The van der Waals surface area contributed by atoms with Crippen LogP contribution in [0.2, 0.25) is 0 Å². The number of anilines is 1. The maximum Gasteiger partial charge on any atom is 0.352 e. The van der Waals surface area contributed by atoms with Gasteiger partial charge in [-0.1, -0.05) is 48.5 Å².